The highest BCUT2D eigenvalue weighted by Crippen LogP contribution is 2.33. The zero-order valence-corrected chi connectivity index (χ0v) is 12.4. The van der Waals surface area contributed by atoms with Gasteiger partial charge in [-0.05, 0) is 54.4 Å². The van der Waals surface area contributed by atoms with Crippen molar-refractivity contribution in [2.24, 2.45) is 5.73 Å². The lowest BCUT2D eigenvalue weighted by Gasteiger charge is -2.03. The second kappa shape index (κ2) is 5.29. The minimum absolute atomic E-state index is 0.660. The molecule has 17 heavy (non-hydrogen) atoms. The molecular formula is C13H15BrN2S. The van der Waals surface area contributed by atoms with Crippen LogP contribution in [0.25, 0.3) is 10.6 Å². The highest BCUT2D eigenvalue weighted by molar-refractivity contribution is 9.10. The highest BCUT2D eigenvalue weighted by Gasteiger charge is 2.11. The molecule has 0 saturated carbocycles. The second-order valence-corrected chi connectivity index (χ2v) is 5.92. The number of hydrogen-bond acceptors (Lipinski definition) is 3. The maximum atomic E-state index is 5.59. The molecule has 0 atom stereocenters. The van der Waals surface area contributed by atoms with Crippen LogP contribution in [0.4, 0.5) is 0 Å². The number of aryl methyl sites for hydroxylation is 2. The molecule has 0 aliphatic rings. The number of thiazole rings is 1. The molecule has 0 unspecified atom stereocenters. The van der Waals surface area contributed by atoms with E-state index >= 15 is 0 Å². The summed E-state index contributed by atoms with van der Waals surface area (Å²) in [4.78, 5) is 5.81. The van der Waals surface area contributed by atoms with Gasteiger partial charge in [0.05, 0.1) is 0 Å². The first kappa shape index (κ1) is 12.7. The van der Waals surface area contributed by atoms with E-state index in [2.05, 4.69) is 53.0 Å². The van der Waals surface area contributed by atoms with E-state index in [1.807, 2.05) is 0 Å². The fraction of sp³-hybridized carbons (Fsp3) is 0.308. The zero-order valence-electron chi connectivity index (χ0n) is 9.96. The molecule has 2 nitrogen and oxygen atoms in total. The Bertz CT molecular complexity index is 534. The molecule has 0 saturated heterocycles. The lowest BCUT2D eigenvalue weighted by molar-refractivity contribution is 0.977. The van der Waals surface area contributed by atoms with Gasteiger partial charge in [0.2, 0.25) is 0 Å². The van der Waals surface area contributed by atoms with E-state index in [-0.39, 0.29) is 0 Å². The van der Waals surface area contributed by atoms with Gasteiger partial charge in [0.25, 0.3) is 0 Å². The molecule has 2 aromatic rings. The second-order valence-electron chi connectivity index (χ2n) is 4.09. The monoisotopic (exact) mass is 310 g/mol. The van der Waals surface area contributed by atoms with E-state index in [4.69, 9.17) is 5.73 Å². The third-order valence-corrected chi connectivity index (χ3v) is 4.71. The van der Waals surface area contributed by atoms with Crippen LogP contribution in [0.3, 0.4) is 0 Å². The van der Waals surface area contributed by atoms with Crippen LogP contribution in [0.15, 0.2) is 22.8 Å². The van der Waals surface area contributed by atoms with Crippen molar-refractivity contribution in [1.82, 2.24) is 4.98 Å². The van der Waals surface area contributed by atoms with Gasteiger partial charge in [-0.1, -0.05) is 17.7 Å². The Morgan fingerprint density at radius 2 is 2.12 bits per heavy atom. The average molecular weight is 311 g/mol. The first-order valence-electron chi connectivity index (χ1n) is 5.54. The van der Waals surface area contributed by atoms with Crippen molar-refractivity contribution in [3.05, 3.63) is 38.8 Å². The maximum Gasteiger partial charge on any atom is 0.125 e. The van der Waals surface area contributed by atoms with Crippen LogP contribution in [-0.2, 0) is 6.42 Å². The van der Waals surface area contributed by atoms with E-state index in [0.29, 0.717) is 6.54 Å². The van der Waals surface area contributed by atoms with Crippen molar-refractivity contribution < 1.29 is 0 Å². The predicted molar refractivity (Wildman–Crippen MR) is 77.5 cm³/mol. The van der Waals surface area contributed by atoms with Gasteiger partial charge in [-0.2, -0.15) is 0 Å². The van der Waals surface area contributed by atoms with Crippen LogP contribution >= 0.6 is 27.3 Å². The van der Waals surface area contributed by atoms with E-state index in [9.17, 15) is 0 Å². The van der Waals surface area contributed by atoms with Crippen LogP contribution in [-0.4, -0.2) is 11.5 Å². The van der Waals surface area contributed by atoms with Gasteiger partial charge in [0.15, 0.2) is 0 Å². The molecule has 2 N–H and O–H groups in total. The predicted octanol–water partition coefficient (Wildman–Crippen LogP) is 3.69. The molecule has 4 heteroatoms. The molecule has 0 fully saturated rings. The summed E-state index contributed by atoms with van der Waals surface area (Å²) < 4.78 is 0.934. The molecule has 0 radical (unpaired) electrons. The largest absolute Gasteiger partial charge is 0.330 e. The molecule has 0 bridgehead atoms. The Kier molecular flexibility index (Phi) is 3.97. The van der Waals surface area contributed by atoms with Crippen molar-refractivity contribution >= 4 is 27.3 Å². The number of nitrogens with two attached hydrogens (primary N) is 1. The van der Waals surface area contributed by atoms with Crippen molar-refractivity contribution in [2.45, 2.75) is 20.3 Å². The van der Waals surface area contributed by atoms with Crippen molar-refractivity contribution in [2.75, 3.05) is 6.54 Å². The first-order chi connectivity index (χ1) is 8.11. The van der Waals surface area contributed by atoms with E-state index < -0.39 is 0 Å². The van der Waals surface area contributed by atoms with E-state index in [1.165, 1.54) is 21.6 Å². The van der Waals surface area contributed by atoms with Gasteiger partial charge in [-0.3, -0.25) is 0 Å². The van der Waals surface area contributed by atoms with Gasteiger partial charge in [0.1, 0.15) is 9.61 Å². The van der Waals surface area contributed by atoms with Crippen LogP contribution in [0.2, 0.25) is 0 Å². The summed E-state index contributed by atoms with van der Waals surface area (Å²) in [5, 5.41) is 1.07. The van der Waals surface area contributed by atoms with Crippen molar-refractivity contribution in [3.63, 3.8) is 0 Å². The lowest BCUT2D eigenvalue weighted by Crippen LogP contribution is -2.01. The number of rotatable bonds is 3. The highest BCUT2D eigenvalue weighted by atomic mass is 79.9. The summed E-state index contributed by atoms with van der Waals surface area (Å²) in [7, 11) is 0. The van der Waals surface area contributed by atoms with Crippen LogP contribution in [0, 0.1) is 13.8 Å². The Morgan fingerprint density at radius 1 is 1.35 bits per heavy atom. The standard InChI is InChI=1S/C13H15BrN2S/c1-8-3-4-9(2)10(7-8)13-16-12(14)11(17-13)5-6-15/h3-4,7H,5-6,15H2,1-2H3. The van der Waals surface area contributed by atoms with Gasteiger partial charge >= 0.3 is 0 Å². The fourth-order valence-electron chi connectivity index (χ4n) is 1.70. The average Bonchev–Trinajstić information content (AvgIpc) is 2.64. The summed E-state index contributed by atoms with van der Waals surface area (Å²) >= 11 is 5.22. The van der Waals surface area contributed by atoms with Crippen LogP contribution in [0.1, 0.15) is 16.0 Å². The molecule has 0 spiro atoms. The molecular weight excluding hydrogens is 296 g/mol. The summed E-state index contributed by atoms with van der Waals surface area (Å²) in [6, 6.07) is 6.46. The van der Waals surface area contributed by atoms with Gasteiger partial charge in [0, 0.05) is 10.4 Å². The van der Waals surface area contributed by atoms with Crippen molar-refractivity contribution in [3.8, 4) is 10.6 Å². The van der Waals surface area contributed by atoms with Crippen LogP contribution < -0.4 is 5.73 Å². The maximum absolute atomic E-state index is 5.59. The number of halogens is 1. The van der Waals surface area contributed by atoms with Crippen molar-refractivity contribution in [1.29, 1.82) is 0 Å². The topological polar surface area (TPSA) is 38.9 Å². The Labute approximate surface area is 114 Å². The van der Waals surface area contributed by atoms with E-state index in [1.54, 1.807) is 11.3 Å². The fourth-order valence-corrected chi connectivity index (χ4v) is 3.49. The summed E-state index contributed by atoms with van der Waals surface area (Å²) in [5.74, 6) is 0. The zero-order chi connectivity index (χ0) is 12.4. The van der Waals surface area contributed by atoms with E-state index in [0.717, 1.165) is 16.0 Å². The first-order valence-corrected chi connectivity index (χ1v) is 7.15. The quantitative estimate of drug-likeness (QED) is 0.939. The van der Waals surface area contributed by atoms with Gasteiger partial charge in [-0.25, -0.2) is 4.98 Å². The minimum Gasteiger partial charge on any atom is -0.330 e. The Morgan fingerprint density at radius 3 is 2.82 bits per heavy atom. The Balaban J connectivity index is 2.45. The summed E-state index contributed by atoms with van der Waals surface area (Å²) in [5.41, 5.74) is 9.33. The minimum atomic E-state index is 0.660. The number of aromatic nitrogens is 1. The molecule has 0 aliphatic heterocycles. The molecule has 1 heterocycles. The molecule has 1 aromatic heterocycles. The van der Waals surface area contributed by atoms with Gasteiger partial charge < -0.3 is 5.73 Å². The summed E-state index contributed by atoms with van der Waals surface area (Å²) in [6.07, 6.45) is 0.878. The SMILES string of the molecule is Cc1ccc(C)c(-c2nc(Br)c(CCN)s2)c1. The molecule has 2 rings (SSSR count). The third kappa shape index (κ3) is 2.76. The summed E-state index contributed by atoms with van der Waals surface area (Å²) in [6.45, 7) is 4.88. The van der Waals surface area contributed by atoms with Crippen LogP contribution in [0.5, 0.6) is 0 Å². The number of nitrogens with zero attached hydrogens (tertiary/aromatic N) is 1. The third-order valence-electron chi connectivity index (χ3n) is 2.64. The number of benzene rings is 1. The smallest absolute Gasteiger partial charge is 0.125 e. The number of hydrogen-bond donors (Lipinski definition) is 1. The molecule has 90 valence electrons. The Hall–Kier alpha value is -0.710. The normalized spacial score (nSPS) is 10.8. The lowest BCUT2D eigenvalue weighted by atomic mass is 10.1. The molecule has 1 aromatic carbocycles. The van der Waals surface area contributed by atoms with Gasteiger partial charge in [-0.15, -0.1) is 11.3 Å². The molecule has 0 amide bonds. The molecule has 0 aliphatic carbocycles.